The first kappa shape index (κ1) is 20.1. The van der Waals surface area contributed by atoms with Gasteiger partial charge in [0.25, 0.3) is 0 Å². The molecule has 0 saturated carbocycles. The summed E-state index contributed by atoms with van der Waals surface area (Å²) in [7, 11) is 0. The number of anilines is 1. The van der Waals surface area contributed by atoms with E-state index in [1.807, 2.05) is 12.1 Å². The Morgan fingerprint density at radius 3 is 2.69 bits per heavy atom. The molecule has 0 spiro atoms. The smallest absolute Gasteiger partial charge is 0.152 e. The van der Waals surface area contributed by atoms with Crippen LogP contribution in [0.2, 0.25) is 0 Å². The van der Waals surface area contributed by atoms with Crippen LogP contribution in [0.4, 0.5) is 5.69 Å². The molecule has 1 aliphatic heterocycles. The maximum absolute atomic E-state index is 11.9. The second kappa shape index (κ2) is 9.55. The molecule has 1 unspecified atom stereocenters. The van der Waals surface area contributed by atoms with Crippen LogP contribution in [0, 0.1) is 5.92 Å². The third-order valence-corrected chi connectivity index (χ3v) is 6.11. The fraction of sp³-hybridized carbons (Fsp3) is 0.417. The van der Waals surface area contributed by atoms with Crippen molar-refractivity contribution >= 4 is 42.1 Å². The maximum Gasteiger partial charge on any atom is 0.152 e. The molecule has 1 N–H and O–H groups in total. The van der Waals surface area contributed by atoms with E-state index in [4.69, 9.17) is 16.3 Å². The van der Waals surface area contributed by atoms with E-state index in [0.29, 0.717) is 17.5 Å². The normalized spacial score (nSPS) is 21.8. The monoisotopic (exact) mass is 410 g/mol. The third-order valence-electron chi connectivity index (χ3n) is 5.82. The first-order valence-corrected chi connectivity index (χ1v) is 10.8. The number of carbonyl (C=O) groups is 1. The number of rotatable bonds is 6. The van der Waals surface area contributed by atoms with E-state index in [1.54, 1.807) is 6.34 Å². The summed E-state index contributed by atoms with van der Waals surface area (Å²) in [5.74, 6) is 0.408. The Bertz CT molecular complexity index is 972. The van der Waals surface area contributed by atoms with Crippen molar-refractivity contribution in [3.63, 3.8) is 0 Å². The van der Waals surface area contributed by atoms with Crippen molar-refractivity contribution in [3.8, 4) is 0 Å². The highest BCUT2D eigenvalue weighted by molar-refractivity contribution is 6.31. The molecule has 5 heteroatoms. The van der Waals surface area contributed by atoms with Crippen molar-refractivity contribution in [1.82, 2.24) is 0 Å². The van der Waals surface area contributed by atoms with Gasteiger partial charge in [-0.1, -0.05) is 35.9 Å². The van der Waals surface area contributed by atoms with Crippen molar-refractivity contribution in [1.29, 1.82) is 0 Å². The van der Waals surface area contributed by atoms with E-state index in [-0.39, 0.29) is 0 Å². The van der Waals surface area contributed by atoms with Crippen LogP contribution in [-0.4, -0.2) is 31.9 Å². The Morgan fingerprint density at radius 1 is 1.17 bits per heavy atom. The van der Waals surface area contributed by atoms with Crippen LogP contribution in [0.1, 0.15) is 48.0 Å². The van der Waals surface area contributed by atoms with Crippen LogP contribution in [0.25, 0.3) is 12.2 Å². The number of nitrogens with zero attached hydrogens (tertiary/aromatic N) is 1. The molecule has 1 aromatic rings. The number of fused-ring (bicyclic) bond motifs is 1. The van der Waals surface area contributed by atoms with Crippen molar-refractivity contribution < 1.29 is 9.53 Å². The Labute approximate surface area is 176 Å². The summed E-state index contributed by atoms with van der Waals surface area (Å²) >= 11 is 6.06. The van der Waals surface area contributed by atoms with Gasteiger partial charge in [0.2, 0.25) is 0 Å². The molecule has 152 valence electrons. The van der Waals surface area contributed by atoms with Crippen molar-refractivity contribution in [2.45, 2.75) is 44.6 Å². The quantitative estimate of drug-likeness (QED) is 0.442. The number of aliphatic imine (C=N–C) groups is 1. The highest BCUT2D eigenvalue weighted by Gasteiger charge is 2.15. The first-order chi connectivity index (χ1) is 14.2. The summed E-state index contributed by atoms with van der Waals surface area (Å²) in [4.78, 5) is 16.5. The molecular weight excluding hydrogens is 384 g/mol. The van der Waals surface area contributed by atoms with Gasteiger partial charge in [0.05, 0.1) is 18.1 Å². The average molecular weight is 411 g/mol. The largest absolute Gasteiger partial charge is 0.381 e. The number of ether oxygens (including phenoxy) is 1. The molecule has 4 nitrogen and oxygen atoms in total. The lowest BCUT2D eigenvalue weighted by Crippen LogP contribution is -2.35. The van der Waals surface area contributed by atoms with Crippen LogP contribution in [0.5, 0.6) is 0 Å². The molecule has 1 heterocycles. The minimum Gasteiger partial charge on any atom is -0.381 e. The molecule has 3 aliphatic rings. The maximum atomic E-state index is 11.9. The molecule has 29 heavy (non-hydrogen) atoms. The number of nitrogens with one attached hydrogen (secondary N) is 1. The van der Waals surface area contributed by atoms with Crippen molar-refractivity contribution in [3.05, 3.63) is 50.9 Å². The van der Waals surface area contributed by atoms with Gasteiger partial charge < -0.3 is 10.1 Å². The zero-order valence-corrected chi connectivity index (χ0v) is 17.3. The molecule has 0 radical (unpaired) electrons. The lowest BCUT2D eigenvalue weighted by Gasteiger charge is -2.19. The molecule has 2 aliphatic carbocycles. The molecule has 1 fully saturated rings. The SMILES string of the molecule is O=Cc1cc(CC2C=CC(Cl)=CC2)c2c(c1NC=NC1CCOCC1)=CCCC=2. The minimum absolute atomic E-state index is 0.291. The van der Waals surface area contributed by atoms with Gasteiger partial charge in [-0.05, 0) is 67.4 Å². The molecule has 1 atom stereocenters. The number of aldehydes is 1. The summed E-state index contributed by atoms with van der Waals surface area (Å²) in [5, 5.41) is 6.50. The Hall–Kier alpha value is -2.17. The third kappa shape index (κ3) is 4.88. The van der Waals surface area contributed by atoms with E-state index >= 15 is 0 Å². The van der Waals surface area contributed by atoms with E-state index in [1.165, 1.54) is 10.8 Å². The fourth-order valence-corrected chi connectivity index (χ4v) is 4.41. The van der Waals surface area contributed by atoms with Crippen LogP contribution < -0.4 is 15.8 Å². The number of allylic oxidation sites excluding steroid dienone is 4. The minimum atomic E-state index is 0.291. The zero-order chi connectivity index (χ0) is 20.1. The highest BCUT2D eigenvalue weighted by atomic mass is 35.5. The molecule has 0 bridgehead atoms. The Balaban J connectivity index is 1.62. The van der Waals surface area contributed by atoms with Crippen molar-refractivity contribution in [2.24, 2.45) is 10.9 Å². The number of hydrogen-bond donors (Lipinski definition) is 1. The van der Waals surface area contributed by atoms with E-state index in [0.717, 1.165) is 74.0 Å². The van der Waals surface area contributed by atoms with Gasteiger partial charge in [0, 0.05) is 29.0 Å². The van der Waals surface area contributed by atoms with Gasteiger partial charge in [-0.25, -0.2) is 0 Å². The summed E-state index contributed by atoms with van der Waals surface area (Å²) in [5.41, 5.74) is 2.79. The summed E-state index contributed by atoms with van der Waals surface area (Å²) in [6.45, 7) is 1.54. The van der Waals surface area contributed by atoms with E-state index in [2.05, 4.69) is 34.6 Å². The second-order valence-corrected chi connectivity index (χ2v) is 8.28. The Kier molecular flexibility index (Phi) is 6.63. The number of benzene rings is 1. The summed E-state index contributed by atoms with van der Waals surface area (Å²) < 4.78 is 5.39. The van der Waals surface area contributed by atoms with Crippen LogP contribution >= 0.6 is 11.6 Å². The molecule has 0 amide bonds. The fourth-order valence-electron chi connectivity index (χ4n) is 4.25. The van der Waals surface area contributed by atoms with E-state index < -0.39 is 0 Å². The molecule has 4 rings (SSSR count). The predicted molar refractivity (Wildman–Crippen MR) is 120 cm³/mol. The average Bonchev–Trinajstić information content (AvgIpc) is 2.77. The van der Waals surface area contributed by atoms with Crippen LogP contribution in [0.3, 0.4) is 0 Å². The number of carbonyl (C=O) groups excluding carboxylic acids is 1. The zero-order valence-electron chi connectivity index (χ0n) is 16.6. The summed E-state index contributed by atoms with van der Waals surface area (Å²) in [6, 6.07) is 2.33. The van der Waals surface area contributed by atoms with Gasteiger partial charge in [-0.3, -0.25) is 9.79 Å². The van der Waals surface area contributed by atoms with Gasteiger partial charge in [0.15, 0.2) is 6.29 Å². The highest BCUT2D eigenvalue weighted by Crippen LogP contribution is 2.22. The van der Waals surface area contributed by atoms with Crippen LogP contribution in [-0.2, 0) is 11.2 Å². The van der Waals surface area contributed by atoms with Gasteiger partial charge in [0.1, 0.15) is 0 Å². The number of halogens is 1. The standard InChI is InChI=1S/C24H27ClN2O2/c25-20-7-5-17(6-8-20)13-18-14-19(15-28)24(23-4-2-1-3-22(18)23)27-16-26-21-9-11-29-12-10-21/h3-5,7-8,14-17,21H,1-2,6,9-13H2,(H,26,27). The topological polar surface area (TPSA) is 50.7 Å². The van der Waals surface area contributed by atoms with Gasteiger partial charge in [-0.2, -0.15) is 0 Å². The van der Waals surface area contributed by atoms with Gasteiger partial charge >= 0.3 is 0 Å². The van der Waals surface area contributed by atoms with Crippen molar-refractivity contribution in [2.75, 3.05) is 18.5 Å². The van der Waals surface area contributed by atoms with E-state index in [9.17, 15) is 4.79 Å². The van der Waals surface area contributed by atoms with Crippen LogP contribution in [0.15, 0.2) is 34.3 Å². The summed E-state index contributed by atoms with van der Waals surface area (Å²) in [6.07, 6.45) is 19.2. The predicted octanol–water partition coefficient (Wildman–Crippen LogP) is 3.71. The lowest BCUT2D eigenvalue weighted by atomic mass is 9.89. The first-order valence-electron chi connectivity index (χ1n) is 10.5. The molecular formula is C24H27ClN2O2. The number of hydrogen-bond acceptors (Lipinski definition) is 3. The molecule has 1 saturated heterocycles. The second-order valence-electron chi connectivity index (χ2n) is 7.84. The Morgan fingerprint density at radius 2 is 1.97 bits per heavy atom. The molecule has 0 aromatic heterocycles. The van der Waals surface area contributed by atoms with Gasteiger partial charge in [-0.15, -0.1) is 0 Å². The molecule has 1 aromatic carbocycles. The lowest BCUT2D eigenvalue weighted by molar-refractivity contribution is 0.0872.